The molecule has 0 radical (unpaired) electrons. The molecular formula is C18H19ClNO6P. The van der Waals surface area contributed by atoms with E-state index < -0.39 is 24.8 Å². The van der Waals surface area contributed by atoms with Gasteiger partial charge in [-0.25, -0.2) is 4.79 Å². The van der Waals surface area contributed by atoms with E-state index in [2.05, 4.69) is 5.32 Å². The number of ether oxygens (including phenoxy) is 1. The molecular weight excluding hydrogens is 393 g/mol. The Labute approximate surface area is 162 Å². The molecule has 27 heavy (non-hydrogen) atoms. The van der Waals surface area contributed by atoms with Crippen LogP contribution < -0.4 is 5.32 Å². The average molecular weight is 412 g/mol. The summed E-state index contributed by atoms with van der Waals surface area (Å²) in [4.78, 5) is 25.7. The number of benzene rings is 2. The predicted octanol–water partition coefficient (Wildman–Crippen LogP) is 3.58. The molecule has 0 saturated heterocycles. The first kappa shape index (κ1) is 21.1. The van der Waals surface area contributed by atoms with Gasteiger partial charge in [0.15, 0.2) is 0 Å². The lowest BCUT2D eigenvalue weighted by Crippen LogP contribution is -2.52. The summed E-state index contributed by atoms with van der Waals surface area (Å²) in [6.07, 6.45) is 0. The number of amides is 1. The summed E-state index contributed by atoms with van der Waals surface area (Å²) in [5.41, 5.74) is 0.383. The molecule has 144 valence electrons. The molecule has 0 unspecified atom stereocenters. The first-order chi connectivity index (χ1) is 12.8. The van der Waals surface area contributed by atoms with Gasteiger partial charge in [-0.2, -0.15) is 0 Å². The zero-order valence-corrected chi connectivity index (χ0v) is 16.6. The fourth-order valence-corrected chi connectivity index (χ4v) is 4.43. The van der Waals surface area contributed by atoms with Crippen LogP contribution in [0, 0.1) is 0 Å². The van der Waals surface area contributed by atoms with Crippen LogP contribution in [-0.2, 0) is 28.4 Å². The van der Waals surface area contributed by atoms with Gasteiger partial charge in [-0.15, -0.1) is 0 Å². The number of methoxy groups -OCH3 is 1. The van der Waals surface area contributed by atoms with Crippen molar-refractivity contribution in [1.82, 2.24) is 5.32 Å². The summed E-state index contributed by atoms with van der Waals surface area (Å²) in [6, 6.07) is 14.0. The topological polar surface area (TPSA) is 90.9 Å². The quantitative estimate of drug-likeness (QED) is 0.553. The second-order valence-corrected chi connectivity index (χ2v) is 8.22. The number of carbonyl (C=O) groups excluding carboxylic acids is 2. The highest BCUT2D eigenvalue weighted by molar-refractivity contribution is 7.56. The first-order valence-electron chi connectivity index (χ1n) is 7.78. The van der Waals surface area contributed by atoms with E-state index in [1.165, 1.54) is 24.3 Å². The van der Waals surface area contributed by atoms with Crippen LogP contribution in [0.5, 0.6) is 0 Å². The normalized spacial score (nSPS) is 13.5. The van der Waals surface area contributed by atoms with Crippen LogP contribution in [0.4, 0.5) is 0 Å². The van der Waals surface area contributed by atoms with Crippen LogP contribution in [0.3, 0.4) is 0 Å². The Morgan fingerprint density at radius 1 is 0.963 bits per heavy atom. The highest BCUT2D eigenvalue weighted by atomic mass is 35.5. The van der Waals surface area contributed by atoms with Crippen LogP contribution in [-0.4, -0.2) is 33.2 Å². The molecule has 0 aliphatic rings. The Morgan fingerprint density at radius 3 is 2.00 bits per heavy atom. The SMILES string of the molecule is COC(=O)[C@](NC(=O)c1ccccc1)(c1ccc(Cl)cc1)P(=O)(OC)OC. The third kappa shape index (κ3) is 3.92. The zero-order chi connectivity index (χ0) is 20.1. The van der Waals surface area contributed by atoms with Crippen LogP contribution in [0.1, 0.15) is 15.9 Å². The number of rotatable bonds is 7. The van der Waals surface area contributed by atoms with Crippen molar-refractivity contribution in [3.05, 3.63) is 70.7 Å². The molecule has 0 saturated carbocycles. The van der Waals surface area contributed by atoms with Gasteiger partial charge in [0, 0.05) is 30.4 Å². The molecule has 0 aromatic heterocycles. The summed E-state index contributed by atoms with van der Waals surface area (Å²) in [7, 11) is -0.912. The van der Waals surface area contributed by atoms with E-state index in [9.17, 15) is 14.2 Å². The average Bonchev–Trinajstić information content (AvgIpc) is 2.72. The van der Waals surface area contributed by atoms with Gasteiger partial charge in [-0.3, -0.25) is 9.36 Å². The van der Waals surface area contributed by atoms with Crippen molar-refractivity contribution in [2.75, 3.05) is 21.3 Å². The van der Waals surface area contributed by atoms with Crippen molar-refractivity contribution in [2.24, 2.45) is 0 Å². The first-order valence-corrected chi connectivity index (χ1v) is 9.70. The molecule has 7 nitrogen and oxygen atoms in total. The lowest BCUT2D eigenvalue weighted by atomic mass is 10.1. The maximum absolute atomic E-state index is 13.4. The lowest BCUT2D eigenvalue weighted by Gasteiger charge is -2.36. The zero-order valence-electron chi connectivity index (χ0n) is 15.0. The van der Waals surface area contributed by atoms with Crippen molar-refractivity contribution in [3.8, 4) is 0 Å². The minimum Gasteiger partial charge on any atom is -0.467 e. The van der Waals surface area contributed by atoms with Gasteiger partial charge in [0.2, 0.25) is 0 Å². The van der Waals surface area contributed by atoms with Gasteiger partial charge in [0.05, 0.1) is 7.11 Å². The molecule has 2 aromatic rings. The van der Waals surface area contributed by atoms with Crippen molar-refractivity contribution in [3.63, 3.8) is 0 Å². The van der Waals surface area contributed by atoms with E-state index in [1.54, 1.807) is 30.3 Å². The van der Waals surface area contributed by atoms with Crippen LogP contribution >= 0.6 is 19.2 Å². The number of hydrogen-bond acceptors (Lipinski definition) is 6. The Balaban J connectivity index is 2.71. The van der Waals surface area contributed by atoms with E-state index >= 15 is 0 Å². The molecule has 9 heteroatoms. The fourth-order valence-electron chi connectivity index (χ4n) is 2.59. The van der Waals surface area contributed by atoms with E-state index in [0.717, 1.165) is 21.3 Å². The third-order valence-electron chi connectivity index (χ3n) is 3.96. The molecule has 2 rings (SSSR count). The smallest absolute Gasteiger partial charge is 0.371 e. The van der Waals surface area contributed by atoms with Gasteiger partial charge in [0.25, 0.3) is 11.2 Å². The minimum atomic E-state index is -4.26. The molecule has 1 amide bonds. The predicted molar refractivity (Wildman–Crippen MR) is 101 cm³/mol. The molecule has 0 heterocycles. The summed E-state index contributed by atoms with van der Waals surface area (Å²) in [5.74, 6) is -1.67. The monoisotopic (exact) mass is 411 g/mol. The van der Waals surface area contributed by atoms with E-state index in [0.29, 0.717) is 5.02 Å². The largest absolute Gasteiger partial charge is 0.467 e. The highest BCUT2D eigenvalue weighted by Gasteiger charge is 2.60. The number of hydrogen-bond donors (Lipinski definition) is 1. The van der Waals surface area contributed by atoms with Crippen LogP contribution in [0.2, 0.25) is 5.02 Å². The minimum absolute atomic E-state index is 0.134. The molecule has 1 N–H and O–H groups in total. The summed E-state index contributed by atoms with van der Waals surface area (Å²) in [6.45, 7) is 0. The Hall–Kier alpha value is -2.18. The third-order valence-corrected chi connectivity index (χ3v) is 6.55. The Morgan fingerprint density at radius 2 is 1.52 bits per heavy atom. The maximum Gasteiger partial charge on any atom is 0.371 e. The molecule has 0 aliphatic heterocycles. The van der Waals surface area contributed by atoms with Gasteiger partial charge >= 0.3 is 13.6 Å². The van der Waals surface area contributed by atoms with E-state index in [4.69, 9.17) is 25.4 Å². The van der Waals surface area contributed by atoms with Crippen molar-refractivity contribution in [2.45, 2.75) is 5.28 Å². The van der Waals surface area contributed by atoms with Gasteiger partial charge < -0.3 is 19.1 Å². The van der Waals surface area contributed by atoms with Crippen molar-refractivity contribution in [1.29, 1.82) is 0 Å². The summed E-state index contributed by atoms with van der Waals surface area (Å²) < 4.78 is 28.5. The molecule has 2 aromatic carbocycles. The standard InChI is InChI=1S/C18H19ClNO6P/c1-24-17(22)18(27(23,25-2)26-3,14-9-11-15(19)12-10-14)20-16(21)13-7-5-4-6-8-13/h4-12H,1-3H3,(H,20,21)/t18-/m0/s1. The fraction of sp³-hybridized carbons (Fsp3) is 0.222. The summed E-state index contributed by atoms with van der Waals surface area (Å²) >= 11 is 5.92. The molecule has 0 aliphatic carbocycles. The van der Waals surface area contributed by atoms with E-state index in [-0.39, 0.29) is 11.1 Å². The number of halogens is 1. The lowest BCUT2D eigenvalue weighted by molar-refractivity contribution is -0.145. The molecule has 0 fully saturated rings. The molecule has 0 spiro atoms. The highest BCUT2D eigenvalue weighted by Crippen LogP contribution is 2.63. The van der Waals surface area contributed by atoms with Gasteiger partial charge in [0.1, 0.15) is 0 Å². The van der Waals surface area contributed by atoms with Gasteiger partial charge in [-0.05, 0) is 24.3 Å². The Kier molecular flexibility index (Phi) is 6.78. The van der Waals surface area contributed by atoms with Gasteiger partial charge in [-0.1, -0.05) is 41.9 Å². The maximum atomic E-state index is 13.4. The molecule has 1 atom stereocenters. The number of esters is 1. The Bertz CT molecular complexity index is 850. The number of nitrogens with one attached hydrogen (secondary N) is 1. The molecule has 0 bridgehead atoms. The van der Waals surface area contributed by atoms with Crippen molar-refractivity contribution >= 4 is 31.1 Å². The number of carbonyl (C=O) groups is 2. The van der Waals surface area contributed by atoms with Crippen molar-refractivity contribution < 1.29 is 27.9 Å². The van der Waals surface area contributed by atoms with E-state index in [1.807, 2.05) is 0 Å². The second kappa shape index (κ2) is 8.67. The van der Waals surface area contributed by atoms with Crippen LogP contribution in [0.25, 0.3) is 0 Å². The second-order valence-electron chi connectivity index (χ2n) is 5.39. The van der Waals surface area contributed by atoms with Crippen LogP contribution in [0.15, 0.2) is 54.6 Å². The summed E-state index contributed by atoms with van der Waals surface area (Å²) in [5, 5.41) is 0.658.